The zero-order valence-corrected chi connectivity index (χ0v) is 9.95. The Morgan fingerprint density at radius 1 is 1.58 bits per heavy atom. The summed E-state index contributed by atoms with van der Waals surface area (Å²) in [5.74, 6) is -0.823. The van der Waals surface area contributed by atoms with Crippen LogP contribution in [0.3, 0.4) is 0 Å². The minimum Gasteiger partial charge on any atom is -0.370 e. The van der Waals surface area contributed by atoms with Gasteiger partial charge in [0.15, 0.2) is 0 Å². The Balaban J connectivity index is 3.04. The van der Waals surface area contributed by atoms with E-state index in [1.165, 1.54) is 0 Å². The van der Waals surface area contributed by atoms with E-state index in [9.17, 15) is 18.0 Å². The van der Waals surface area contributed by atoms with Crippen LogP contribution in [-0.4, -0.2) is 16.9 Å². The van der Waals surface area contributed by atoms with Gasteiger partial charge in [-0.3, -0.25) is 4.79 Å². The Morgan fingerprint density at radius 2 is 2.21 bits per heavy atom. The molecule has 0 spiro atoms. The van der Waals surface area contributed by atoms with Gasteiger partial charge in [0.25, 0.3) is 0 Å². The van der Waals surface area contributed by atoms with Gasteiger partial charge in [-0.05, 0) is 19.1 Å². The summed E-state index contributed by atoms with van der Waals surface area (Å²) in [4.78, 5) is 14.0. The van der Waals surface area contributed by atoms with Crippen molar-refractivity contribution in [1.82, 2.24) is 4.98 Å². The van der Waals surface area contributed by atoms with Gasteiger partial charge in [0.05, 0.1) is 5.56 Å². The normalized spacial score (nSPS) is 12.6. The summed E-state index contributed by atoms with van der Waals surface area (Å²) in [6, 6.07) is 2.94. The molecule has 1 unspecified atom stereocenters. The molecule has 1 rings (SSSR count). The van der Waals surface area contributed by atoms with Gasteiger partial charge in [-0.15, -0.1) is 0 Å². The van der Waals surface area contributed by atoms with Crippen molar-refractivity contribution in [2.45, 2.75) is 25.6 Å². The first kappa shape index (κ1) is 14.8. The van der Waals surface area contributed by atoms with Gasteiger partial charge in [0.1, 0.15) is 17.6 Å². The molecular weight excluding hydrogens is 261 g/mol. The molecule has 0 saturated heterocycles. The molecule has 0 saturated carbocycles. The minimum atomic E-state index is -4.60. The molecular formula is C11H11F3N4O. The van der Waals surface area contributed by atoms with E-state index in [0.717, 1.165) is 12.1 Å². The molecule has 1 aromatic rings. The monoisotopic (exact) mass is 272 g/mol. The third-order valence-corrected chi connectivity index (χ3v) is 2.20. The quantitative estimate of drug-likeness (QED) is 0.871. The minimum absolute atomic E-state index is 0.0377. The van der Waals surface area contributed by atoms with E-state index < -0.39 is 23.8 Å². The summed E-state index contributed by atoms with van der Waals surface area (Å²) in [6.07, 6.45) is -4.68. The smallest absolute Gasteiger partial charge is 0.370 e. The van der Waals surface area contributed by atoms with E-state index in [0.29, 0.717) is 0 Å². The number of hydrogen-bond acceptors (Lipinski definition) is 4. The topological polar surface area (TPSA) is 91.8 Å². The number of nitrogens with one attached hydrogen (secondary N) is 1. The molecule has 0 bridgehead atoms. The Kier molecular flexibility index (Phi) is 4.32. The van der Waals surface area contributed by atoms with Crippen molar-refractivity contribution in [1.29, 1.82) is 5.26 Å². The number of halogens is 3. The van der Waals surface area contributed by atoms with Gasteiger partial charge >= 0.3 is 6.18 Å². The maximum atomic E-state index is 12.5. The molecule has 1 atom stereocenters. The molecule has 0 aliphatic carbocycles. The summed E-state index contributed by atoms with van der Waals surface area (Å²) < 4.78 is 37.5. The number of primary amides is 1. The first-order valence-corrected chi connectivity index (χ1v) is 5.27. The molecule has 1 amide bonds. The summed E-state index contributed by atoms with van der Waals surface area (Å²) in [7, 11) is 0. The molecule has 0 aliphatic rings. The molecule has 102 valence electrons. The zero-order valence-electron chi connectivity index (χ0n) is 9.95. The molecule has 5 nitrogen and oxygen atoms in total. The molecule has 0 aliphatic heterocycles. The number of nitrogens with zero attached hydrogens (tertiary/aromatic N) is 2. The Morgan fingerprint density at radius 3 is 2.68 bits per heavy atom. The van der Waals surface area contributed by atoms with Crippen LogP contribution in [-0.2, 0) is 11.0 Å². The lowest BCUT2D eigenvalue weighted by atomic mass is 10.2. The summed E-state index contributed by atoms with van der Waals surface area (Å²) in [6.45, 7) is 1.55. The van der Waals surface area contributed by atoms with Gasteiger partial charge in [-0.25, -0.2) is 4.98 Å². The van der Waals surface area contributed by atoms with Crippen molar-refractivity contribution < 1.29 is 18.0 Å². The van der Waals surface area contributed by atoms with Crippen molar-refractivity contribution in [3.63, 3.8) is 0 Å². The van der Waals surface area contributed by atoms with E-state index in [2.05, 4.69) is 10.3 Å². The van der Waals surface area contributed by atoms with Crippen LogP contribution in [0.2, 0.25) is 0 Å². The van der Waals surface area contributed by atoms with Crippen LogP contribution >= 0.6 is 0 Å². The first-order chi connectivity index (χ1) is 8.74. The number of hydrogen-bond donors (Lipinski definition) is 2. The number of nitriles is 1. The fourth-order valence-electron chi connectivity index (χ4n) is 1.40. The number of carbonyl (C=O) groups is 1. The van der Waals surface area contributed by atoms with Crippen molar-refractivity contribution in [3.8, 4) is 6.07 Å². The number of nitrogens with two attached hydrogens (primary N) is 1. The Labute approximate surface area is 107 Å². The fraction of sp³-hybridized carbons (Fsp3) is 0.364. The molecule has 3 N–H and O–H groups in total. The number of amides is 1. The number of pyridine rings is 1. The maximum Gasteiger partial charge on any atom is 0.433 e. The Bertz CT molecular complexity index is 522. The van der Waals surface area contributed by atoms with E-state index in [-0.39, 0.29) is 17.8 Å². The molecule has 0 radical (unpaired) electrons. The number of alkyl halides is 3. The van der Waals surface area contributed by atoms with Crippen LogP contribution in [0.4, 0.5) is 19.0 Å². The van der Waals surface area contributed by atoms with Gasteiger partial charge in [0, 0.05) is 12.5 Å². The second-order valence-corrected chi connectivity index (χ2v) is 3.92. The summed E-state index contributed by atoms with van der Waals surface area (Å²) >= 11 is 0. The number of carbonyl (C=O) groups excluding carboxylic acids is 1. The van der Waals surface area contributed by atoms with E-state index in [4.69, 9.17) is 11.0 Å². The first-order valence-electron chi connectivity index (χ1n) is 5.27. The highest BCUT2D eigenvalue weighted by Crippen LogP contribution is 2.29. The van der Waals surface area contributed by atoms with Gasteiger partial charge < -0.3 is 11.1 Å². The highest BCUT2D eigenvalue weighted by molar-refractivity contribution is 5.75. The number of aromatic nitrogens is 1. The van der Waals surface area contributed by atoms with Crippen LogP contribution in [0.5, 0.6) is 0 Å². The van der Waals surface area contributed by atoms with Crippen molar-refractivity contribution in [2.75, 3.05) is 5.32 Å². The maximum absolute atomic E-state index is 12.5. The lowest BCUT2D eigenvalue weighted by molar-refractivity contribution is -0.141. The standard InChI is InChI=1S/C11H11F3N4O/c1-6(4-9(16)19)17-10-7(5-15)2-3-8(18-10)11(12,13)14/h2-3,6H,4H2,1H3,(H2,16,19)(H,17,18). The predicted octanol–water partition coefficient (Wildman–Crippen LogP) is 1.65. The van der Waals surface area contributed by atoms with Gasteiger partial charge in [-0.2, -0.15) is 18.4 Å². The highest BCUT2D eigenvalue weighted by atomic mass is 19.4. The average molecular weight is 272 g/mol. The zero-order chi connectivity index (χ0) is 14.6. The van der Waals surface area contributed by atoms with Crippen LogP contribution in [0.15, 0.2) is 12.1 Å². The van der Waals surface area contributed by atoms with E-state index in [1.54, 1.807) is 13.0 Å². The molecule has 8 heteroatoms. The Hall–Kier alpha value is -2.30. The van der Waals surface area contributed by atoms with Crippen LogP contribution in [0.25, 0.3) is 0 Å². The second kappa shape index (κ2) is 5.56. The van der Waals surface area contributed by atoms with Gasteiger partial charge in [-0.1, -0.05) is 0 Å². The number of anilines is 1. The third-order valence-electron chi connectivity index (χ3n) is 2.20. The summed E-state index contributed by atoms with van der Waals surface area (Å²) in [5, 5.41) is 11.4. The lowest BCUT2D eigenvalue weighted by Gasteiger charge is -2.15. The molecule has 1 heterocycles. The average Bonchev–Trinajstić information content (AvgIpc) is 2.26. The van der Waals surface area contributed by atoms with Crippen LogP contribution in [0, 0.1) is 11.3 Å². The fourth-order valence-corrected chi connectivity index (χ4v) is 1.40. The second-order valence-electron chi connectivity index (χ2n) is 3.92. The van der Waals surface area contributed by atoms with Crippen molar-refractivity contribution >= 4 is 11.7 Å². The van der Waals surface area contributed by atoms with Crippen molar-refractivity contribution in [3.05, 3.63) is 23.4 Å². The third kappa shape index (κ3) is 4.13. The van der Waals surface area contributed by atoms with E-state index in [1.807, 2.05) is 0 Å². The van der Waals surface area contributed by atoms with Gasteiger partial charge in [0.2, 0.25) is 5.91 Å². The number of rotatable bonds is 4. The summed E-state index contributed by atoms with van der Waals surface area (Å²) in [5.41, 5.74) is 3.82. The predicted molar refractivity (Wildman–Crippen MR) is 60.9 cm³/mol. The van der Waals surface area contributed by atoms with E-state index >= 15 is 0 Å². The largest absolute Gasteiger partial charge is 0.433 e. The van der Waals surface area contributed by atoms with Crippen molar-refractivity contribution in [2.24, 2.45) is 5.73 Å². The highest BCUT2D eigenvalue weighted by Gasteiger charge is 2.33. The SMILES string of the molecule is CC(CC(N)=O)Nc1nc(C(F)(F)F)ccc1C#N. The molecule has 19 heavy (non-hydrogen) atoms. The van der Waals surface area contributed by atoms with Crippen LogP contribution < -0.4 is 11.1 Å². The van der Waals surface area contributed by atoms with Crippen LogP contribution in [0.1, 0.15) is 24.6 Å². The molecule has 1 aromatic heterocycles. The lowest BCUT2D eigenvalue weighted by Crippen LogP contribution is -2.25. The molecule has 0 fully saturated rings. The molecule has 0 aromatic carbocycles.